The van der Waals surface area contributed by atoms with Crippen LogP contribution >= 0.6 is 15.9 Å². The van der Waals surface area contributed by atoms with E-state index in [1.165, 1.54) is 32.1 Å². The van der Waals surface area contributed by atoms with Crippen LogP contribution in [-0.2, 0) is 0 Å². The number of anilines is 1. The molecule has 0 spiro atoms. The summed E-state index contributed by atoms with van der Waals surface area (Å²) in [6, 6.07) is 0.560. The lowest BCUT2D eigenvalue weighted by atomic mass is 9.83. The molecule has 1 aromatic heterocycles. The van der Waals surface area contributed by atoms with Gasteiger partial charge < -0.3 is 10.0 Å². The van der Waals surface area contributed by atoms with Gasteiger partial charge in [0.2, 0.25) is 5.95 Å². The van der Waals surface area contributed by atoms with Crippen molar-refractivity contribution in [2.45, 2.75) is 51.0 Å². The van der Waals surface area contributed by atoms with E-state index in [9.17, 15) is 0 Å². The first-order valence-corrected chi connectivity index (χ1v) is 8.31. The van der Waals surface area contributed by atoms with Crippen molar-refractivity contribution < 1.29 is 5.11 Å². The average molecular weight is 342 g/mol. The largest absolute Gasteiger partial charge is 0.396 e. The summed E-state index contributed by atoms with van der Waals surface area (Å²) in [6.07, 6.45) is 12.0. The number of nitrogens with zero attached hydrogens (tertiary/aromatic N) is 3. The Morgan fingerprint density at radius 2 is 1.85 bits per heavy atom. The second kappa shape index (κ2) is 7.93. The van der Waals surface area contributed by atoms with Gasteiger partial charge >= 0.3 is 0 Å². The number of aliphatic hydroxyl groups is 1. The highest BCUT2D eigenvalue weighted by atomic mass is 79.9. The van der Waals surface area contributed by atoms with Crippen LogP contribution in [0.4, 0.5) is 5.95 Å². The Bertz CT molecular complexity index is 391. The van der Waals surface area contributed by atoms with Crippen molar-refractivity contribution >= 4 is 21.9 Å². The molecule has 4 nitrogen and oxygen atoms in total. The van der Waals surface area contributed by atoms with Crippen molar-refractivity contribution in [2.75, 3.05) is 18.6 Å². The minimum Gasteiger partial charge on any atom is -0.396 e. The van der Waals surface area contributed by atoms with Crippen molar-refractivity contribution in [1.82, 2.24) is 9.97 Å². The molecule has 1 N–H and O–H groups in total. The molecule has 0 aromatic carbocycles. The van der Waals surface area contributed by atoms with Crippen LogP contribution in [0.2, 0.25) is 0 Å². The number of aliphatic hydroxyl groups excluding tert-OH is 1. The van der Waals surface area contributed by atoms with Crippen LogP contribution < -0.4 is 4.90 Å². The van der Waals surface area contributed by atoms with Crippen molar-refractivity contribution in [1.29, 1.82) is 0 Å². The maximum atomic E-state index is 8.83. The first-order valence-electron chi connectivity index (χ1n) is 7.52. The zero-order valence-electron chi connectivity index (χ0n) is 12.1. The van der Waals surface area contributed by atoms with Gasteiger partial charge in [-0.05, 0) is 54.0 Å². The molecule has 1 heterocycles. The van der Waals surface area contributed by atoms with Crippen LogP contribution in [0.15, 0.2) is 16.9 Å². The molecule has 0 atom stereocenters. The summed E-state index contributed by atoms with van der Waals surface area (Å²) in [5.74, 6) is 1.66. The maximum Gasteiger partial charge on any atom is 0.225 e. The molecular formula is C15H24BrN3O. The van der Waals surface area contributed by atoms with E-state index < -0.39 is 0 Å². The van der Waals surface area contributed by atoms with Crippen LogP contribution in [0.5, 0.6) is 0 Å². The fraction of sp³-hybridized carbons (Fsp3) is 0.733. The lowest BCUT2D eigenvalue weighted by Gasteiger charge is -2.34. The van der Waals surface area contributed by atoms with E-state index >= 15 is 0 Å². The Morgan fingerprint density at radius 1 is 1.20 bits per heavy atom. The highest BCUT2D eigenvalue weighted by Crippen LogP contribution is 2.31. The smallest absolute Gasteiger partial charge is 0.225 e. The van der Waals surface area contributed by atoms with Crippen LogP contribution in [0.1, 0.15) is 44.9 Å². The van der Waals surface area contributed by atoms with E-state index in [2.05, 4.69) is 37.8 Å². The molecule has 0 saturated heterocycles. The number of rotatable bonds is 6. The molecule has 5 heteroatoms. The Balaban J connectivity index is 1.79. The molecule has 1 fully saturated rings. The van der Waals surface area contributed by atoms with Gasteiger partial charge in [0.1, 0.15) is 0 Å². The second-order valence-electron chi connectivity index (χ2n) is 5.71. The molecule has 112 valence electrons. The summed E-state index contributed by atoms with van der Waals surface area (Å²) in [4.78, 5) is 11.0. The second-order valence-corrected chi connectivity index (χ2v) is 6.62. The molecule has 0 amide bonds. The zero-order chi connectivity index (χ0) is 14.4. The number of unbranched alkanes of at least 4 members (excludes halogenated alkanes) is 1. The molecule has 0 bridgehead atoms. The Morgan fingerprint density at radius 3 is 2.45 bits per heavy atom. The molecule has 0 aliphatic heterocycles. The molecule has 0 unspecified atom stereocenters. The summed E-state index contributed by atoms with van der Waals surface area (Å²) in [5, 5.41) is 8.83. The number of aromatic nitrogens is 2. The monoisotopic (exact) mass is 341 g/mol. The van der Waals surface area contributed by atoms with E-state index in [4.69, 9.17) is 5.11 Å². The third-order valence-electron chi connectivity index (χ3n) is 4.31. The van der Waals surface area contributed by atoms with Gasteiger partial charge in [0, 0.05) is 32.1 Å². The van der Waals surface area contributed by atoms with Gasteiger partial charge in [-0.3, -0.25) is 0 Å². The summed E-state index contributed by atoms with van der Waals surface area (Å²) < 4.78 is 0.919. The molecule has 1 aromatic rings. The fourth-order valence-electron chi connectivity index (χ4n) is 3.02. The van der Waals surface area contributed by atoms with E-state index in [1.54, 1.807) is 12.4 Å². The van der Waals surface area contributed by atoms with Gasteiger partial charge in [-0.2, -0.15) is 0 Å². The van der Waals surface area contributed by atoms with Crippen molar-refractivity contribution in [3.8, 4) is 0 Å². The predicted molar refractivity (Wildman–Crippen MR) is 84.8 cm³/mol. The quantitative estimate of drug-likeness (QED) is 0.805. The minimum atomic E-state index is 0.332. The van der Waals surface area contributed by atoms with Crippen molar-refractivity contribution in [2.24, 2.45) is 5.92 Å². The Labute approximate surface area is 129 Å². The van der Waals surface area contributed by atoms with Gasteiger partial charge in [-0.15, -0.1) is 0 Å². The SMILES string of the molecule is CN(c1ncc(Br)cn1)C1CCC(CCCCO)CC1. The molecule has 1 aliphatic rings. The summed E-state index contributed by atoms with van der Waals surface area (Å²) in [6.45, 7) is 0.332. The Kier molecular flexibility index (Phi) is 6.23. The predicted octanol–water partition coefficient (Wildman–Crippen LogP) is 3.40. The molecule has 0 radical (unpaired) electrons. The minimum absolute atomic E-state index is 0.332. The molecule has 1 saturated carbocycles. The van der Waals surface area contributed by atoms with Gasteiger partial charge in [-0.1, -0.05) is 12.8 Å². The number of hydrogen-bond acceptors (Lipinski definition) is 4. The Hall–Kier alpha value is -0.680. The first-order chi connectivity index (χ1) is 9.70. The fourth-order valence-corrected chi connectivity index (χ4v) is 3.22. The van der Waals surface area contributed by atoms with Crippen molar-refractivity contribution in [3.05, 3.63) is 16.9 Å². The summed E-state index contributed by atoms with van der Waals surface area (Å²) >= 11 is 3.37. The molecule has 1 aliphatic carbocycles. The van der Waals surface area contributed by atoms with E-state index in [-0.39, 0.29) is 0 Å². The van der Waals surface area contributed by atoms with Crippen LogP contribution in [0, 0.1) is 5.92 Å². The third kappa shape index (κ3) is 4.42. The van der Waals surface area contributed by atoms with Crippen LogP contribution in [-0.4, -0.2) is 34.8 Å². The standard InChI is InChI=1S/C15H24BrN3O/c1-19(15-17-10-13(16)11-18-15)14-7-5-12(6-8-14)4-2-3-9-20/h10-12,14,20H,2-9H2,1H3. The van der Waals surface area contributed by atoms with E-state index in [0.29, 0.717) is 12.6 Å². The maximum absolute atomic E-state index is 8.83. The average Bonchev–Trinajstić information content (AvgIpc) is 2.48. The van der Waals surface area contributed by atoms with E-state index in [1.807, 2.05) is 0 Å². The van der Waals surface area contributed by atoms with Gasteiger partial charge in [0.25, 0.3) is 0 Å². The van der Waals surface area contributed by atoms with Crippen LogP contribution in [0.3, 0.4) is 0 Å². The van der Waals surface area contributed by atoms with E-state index in [0.717, 1.165) is 29.2 Å². The topological polar surface area (TPSA) is 49.2 Å². The first kappa shape index (κ1) is 15.7. The summed E-state index contributed by atoms with van der Waals surface area (Å²) in [7, 11) is 2.10. The van der Waals surface area contributed by atoms with Gasteiger partial charge in [0.15, 0.2) is 0 Å². The zero-order valence-corrected chi connectivity index (χ0v) is 13.7. The van der Waals surface area contributed by atoms with Gasteiger partial charge in [-0.25, -0.2) is 9.97 Å². The lowest BCUT2D eigenvalue weighted by Crippen LogP contribution is -2.36. The summed E-state index contributed by atoms with van der Waals surface area (Å²) in [5.41, 5.74) is 0. The normalized spacial score (nSPS) is 22.8. The third-order valence-corrected chi connectivity index (χ3v) is 4.72. The number of hydrogen-bond donors (Lipinski definition) is 1. The van der Waals surface area contributed by atoms with Gasteiger partial charge in [0.05, 0.1) is 4.47 Å². The molecular weight excluding hydrogens is 318 g/mol. The highest BCUT2D eigenvalue weighted by molar-refractivity contribution is 9.10. The number of halogens is 1. The molecule has 20 heavy (non-hydrogen) atoms. The van der Waals surface area contributed by atoms with Crippen molar-refractivity contribution in [3.63, 3.8) is 0 Å². The molecule has 2 rings (SSSR count). The highest BCUT2D eigenvalue weighted by Gasteiger charge is 2.24. The van der Waals surface area contributed by atoms with Crippen LogP contribution in [0.25, 0.3) is 0 Å². The lowest BCUT2D eigenvalue weighted by molar-refractivity contribution is 0.260.